The third-order valence-corrected chi connectivity index (χ3v) is 5.76. The Kier molecular flexibility index (Phi) is 5.82. The minimum absolute atomic E-state index is 0.0563. The van der Waals surface area contributed by atoms with E-state index in [1.165, 1.54) is 24.8 Å². The van der Waals surface area contributed by atoms with Crippen molar-refractivity contribution in [1.29, 1.82) is 0 Å². The summed E-state index contributed by atoms with van der Waals surface area (Å²) in [4.78, 5) is 19.5. The molecule has 4 rings (SSSR count). The van der Waals surface area contributed by atoms with Gasteiger partial charge in [-0.05, 0) is 37.8 Å². The number of likely N-dealkylation sites (tertiary alicyclic amines) is 1. The molecule has 1 N–H and O–H groups in total. The molecule has 1 saturated carbocycles. The van der Waals surface area contributed by atoms with Gasteiger partial charge in [0, 0.05) is 12.5 Å². The number of nitrogens with zero attached hydrogens (tertiary/aromatic N) is 3. The van der Waals surface area contributed by atoms with Gasteiger partial charge in [-0.3, -0.25) is 9.69 Å². The van der Waals surface area contributed by atoms with Crippen molar-refractivity contribution in [2.45, 2.75) is 70.0 Å². The van der Waals surface area contributed by atoms with Crippen LogP contribution in [0.3, 0.4) is 0 Å². The fourth-order valence-electron chi connectivity index (χ4n) is 4.28. The molecule has 0 radical (unpaired) electrons. The highest BCUT2D eigenvalue weighted by Crippen LogP contribution is 2.30. The van der Waals surface area contributed by atoms with Crippen LogP contribution in [-0.4, -0.2) is 33.5 Å². The Balaban J connectivity index is 1.30. The molecule has 2 aliphatic rings. The maximum absolute atomic E-state index is 12.7. The zero-order valence-corrected chi connectivity index (χ0v) is 15.8. The van der Waals surface area contributed by atoms with Crippen LogP contribution in [0.1, 0.15) is 68.1 Å². The zero-order valence-electron chi connectivity index (χ0n) is 15.8. The molecular formula is C21H28N4O2. The number of benzene rings is 1. The van der Waals surface area contributed by atoms with Gasteiger partial charge >= 0.3 is 0 Å². The summed E-state index contributed by atoms with van der Waals surface area (Å²) < 4.78 is 5.36. The number of aromatic nitrogens is 2. The Bertz CT molecular complexity index is 740. The first-order valence-electron chi connectivity index (χ1n) is 10.2. The van der Waals surface area contributed by atoms with Gasteiger partial charge < -0.3 is 9.84 Å². The van der Waals surface area contributed by atoms with Gasteiger partial charge in [-0.1, -0.05) is 54.8 Å². The molecule has 0 unspecified atom stereocenters. The quantitative estimate of drug-likeness (QED) is 0.846. The minimum Gasteiger partial charge on any atom is -0.346 e. The van der Waals surface area contributed by atoms with Crippen molar-refractivity contribution in [3.63, 3.8) is 0 Å². The maximum atomic E-state index is 12.7. The van der Waals surface area contributed by atoms with E-state index in [1.54, 1.807) is 0 Å². The fraction of sp³-hybridized carbons (Fsp3) is 0.571. The summed E-state index contributed by atoms with van der Waals surface area (Å²) in [5, 5.41) is 7.13. The van der Waals surface area contributed by atoms with Crippen LogP contribution in [0.4, 0.5) is 0 Å². The predicted molar refractivity (Wildman–Crippen MR) is 102 cm³/mol. The van der Waals surface area contributed by atoms with Crippen molar-refractivity contribution in [1.82, 2.24) is 20.4 Å². The number of hydrogen-bond acceptors (Lipinski definition) is 5. The summed E-state index contributed by atoms with van der Waals surface area (Å²) >= 11 is 0. The molecule has 1 amide bonds. The number of hydrogen-bond donors (Lipinski definition) is 1. The second kappa shape index (κ2) is 8.65. The zero-order chi connectivity index (χ0) is 18.5. The summed E-state index contributed by atoms with van der Waals surface area (Å²) in [6, 6.07) is 10.2. The number of nitrogens with one attached hydrogen (secondary N) is 1. The van der Waals surface area contributed by atoms with E-state index in [4.69, 9.17) is 4.52 Å². The van der Waals surface area contributed by atoms with Crippen LogP contribution in [0.25, 0.3) is 0 Å². The first kappa shape index (κ1) is 18.2. The van der Waals surface area contributed by atoms with Crippen LogP contribution in [0.15, 0.2) is 34.9 Å². The summed E-state index contributed by atoms with van der Waals surface area (Å²) in [7, 11) is 0. The standard InChI is InChI=1S/C21H28N4O2/c26-21(18-12-7-13-25(18)15-16-8-3-1-4-9-16)22-14-19-23-20(24-27-19)17-10-5-2-6-11-17/h1,3-4,8-9,17-18H,2,5-7,10-15H2,(H,22,26)/t18-/m0/s1. The Morgan fingerprint density at radius 1 is 1.11 bits per heavy atom. The smallest absolute Gasteiger partial charge is 0.246 e. The highest BCUT2D eigenvalue weighted by Gasteiger charge is 2.30. The van der Waals surface area contributed by atoms with Crippen molar-refractivity contribution >= 4 is 5.91 Å². The molecule has 6 nitrogen and oxygen atoms in total. The number of rotatable bonds is 6. The lowest BCUT2D eigenvalue weighted by atomic mass is 9.89. The Labute approximate surface area is 160 Å². The average molecular weight is 368 g/mol. The average Bonchev–Trinajstić information content (AvgIpc) is 3.37. The van der Waals surface area contributed by atoms with Crippen molar-refractivity contribution in [2.24, 2.45) is 0 Å². The normalized spacial score (nSPS) is 21.4. The van der Waals surface area contributed by atoms with Gasteiger partial charge in [-0.2, -0.15) is 4.98 Å². The molecule has 2 aromatic rings. The topological polar surface area (TPSA) is 71.3 Å². The van der Waals surface area contributed by atoms with E-state index in [0.29, 0.717) is 18.4 Å². The third-order valence-electron chi connectivity index (χ3n) is 5.76. The van der Waals surface area contributed by atoms with Crippen molar-refractivity contribution in [3.05, 3.63) is 47.6 Å². The van der Waals surface area contributed by atoms with Gasteiger partial charge in [0.2, 0.25) is 11.8 Å². The Morgan fingerprint density at radius 3 is 2.74 bits per heavy atom. The van der Waals surface area contributed by atoms with Gasteiger partial charge in [0.15, 0.2) is 5.82 Å². The first-order valence-corrected chi connectivity index (χ1v) is 10.2. The monoisotopic (exact) mass is 368 g/mol. The van der Waals surface area contributed by atoms with Crippen molar-refractivity contribution in [2.75, 3.05) is 6.54 Å². The van der Waals surface area contributed by atoms with Gasteiger partial charge in [0.25, 0.3) is 0 Å². The molecule has 1 aromatic heterocycles. The molecule has 1 atom stereocenters. The molecule has 2 fully saturated rings. The van der Waals surface area contributed by atoms with E-state index < -0.39 is 0 Å². The summed E-state index contributed by atoms with van der Waals surface area (Å²) in [6.07, 6.45) is 8.02. The largest absolute Gasteiger partial charge is 0.346 e. The summed E-state index contributed by atoms with van der Waals surface area (Å²) in [5.74, 6) is 1.80. The van der Waals surface area contributed by atoms with Gasteiger partial charge in [0.1, 0.15) is 0 Å². The Hall–Kier alpha value is -2.21. The van der Waals surface area contributed by atoms with E-state index in [-0.39, 0.29) is 11.9 Å². The molecule has 1 aliphatic carbocycles. The van der Waals surface area contributed by atoms with E-state index >= 15 is 0 Å². The van der Waals surface area contributed by atoms with Crippen LogP contribution in [0.2, 0.25) is 0 Å². The molecule has 0 spiro atoms. The number of carbonyl (C=O) groups excluding carboxylic acids is 1. The molecule has 144 valence electrons. The molecule has 27 heavy (non-hydrogen) atoms. The summed E-state index contributed by atoms with van der Waals surface area (Å²) in [5.41, 5.74) is 1.24. The molecular weight excluding hydrogens is 340 g/mol. The molecule has 1 aliphatic heterocycles. The van der Waals surface area contributed by atoms with Crippen LogP contribution < -0.4 is 5.32 Å². The van der Waals surface area contributed by atoms with Gasteiger partial charge in [-0.25, -0.2) is 0 Å². The summed E-state index contributed by atoms with van der Waals surface area (Å²) in [6.45, 7) is 2.08. The highest BCUT2D eigenvalue weighted by atomic mass is 16.5. The lowest BCUT2D eigenvalue weighted by molar-refractivity contribution is -0.125. The lowest BCUT2D eigenvalue weighted by Crippen LogP contribution is -2.42. The first-order chi connectivity index (χ1) is 13.3. The molecule has 1 aromatic carbocycles. The van der Waals surface area contributed by atoms with Crippen molar-refractivity contribution in [3.8, 4) is 0 Å². The minimum atomic E-state index is -0.0778. The van der Waals surface area contributed by atoms with Crippen LogP contribution in [-0.2, 0) is 17.9 Å². The van der Waals surface area contributed by atoms with E-state index in [9.17, 15) is 4.79 Å². The van der Waals surface area contributed by atoms with E-state index in [1.807, 2.05) is 18.2 Å². The highest BCUT2D eigenvalue weighted by molar-refractivity contribution is 5.81. The predicted octanol–water partition coefficient (Wildman–Crippen LogP) is 3.40. The fourth-order valence-corrected chi connectivity index (χ4v) is 4.28. The van der Waals surface area contributed by atoms with Gasteiger partial charge in [-0.15, -0.1) is 0 Å². The van der Waals surface area contributed by atoms with Crippen LogP contribution in [0.5, 0.6) is 0 Å². The molecule has 6 heteroatoms. The van der Waals surface area contributed by atoms with E-state index in [2.05, 4.69) is 32.5 Å². The second-order valence-electron chi connectivity index (χ2n) is 7.71. The molecule has 0 bridgehead atoms. The van der Waals surface area contributed by atoms with Crippen LogP contribution in [0, 0.1) is 0 Å². The maximum Gasteiger partial charge on any atom is 0.246 e. The lowest BCUT2D eigenvalue weighted by Gasteiger charge is -2.23. The number of carbonyl (C=O) groups is 1. The molecule has 2 heterocycles. The Morgan fingerprint density at radius 2 is 1.93 bits per heavy atom. The SMILES string of the molecule is O=C(NCc1nc(C2CCCCC2)no1)[C@@H]1CCCN1Cc1ccccc1. The molecule has 1 saturated heterocycles. The number of amides is 1. The second-order valence-corrected chi connectivity index (χ2v) is 7.71. The van der Waals surface area contributed by atoms with Crippen LogP contribution >= 0.6 is 0 Å². The third kappa shape index (κ3) is 4.56. The van der Waals surface area contributed by atoms with Gasteiger partial charge in [0.05, 0.1) is 12.6 Å². The van der Waals surface area contributed by atoms with E-state index in [0.717, 1.165) is 44.6 Å². The van der Waals surface area contributed by atoms with Crippen molar-refractivity contribution < 1.29 is 9.32 Å².